The van der Waals surface area contributed by atoms with Gasteiger partial charge in [-0.25, -0.2) is 10.8 Å². The van der Waals surface area contributed by atoms with Crippen LogP contribution in [-0.4, -0.2) is 29.8 Å². The van der Waals surface area contributed by atoms with Crippen LogP contribution in [0.1, 0.15) is 12.8 Å². The van der Waals surface area contributed by atoms with Crippen molar-refractivity contribution in [3.8, 4) is 0 Å². The van der Waals surface area contributed by atoms with Gasteiger partial charge in [0, 0.05) is 19.7 Å². The number of halogens is 2. The van der Waals surface area contributed by atoms with E-state index in [1.54, 1.807) is 6.07 Å². The topological polar surface area (TPSA) is 74.4 Å². The molecule has 1 saturated heterocycles. The molecule has 1 unspecified atom stereocenters. The number of aromatic nitrogens is 1. The molecule has 1 aromatic heterocycles. The van der Waals surface area contributed by atoms with Crippen molar-refractivity contribution in [2.45, 2.75) is 12.8 Å². The van der Waals surface area contributed by atoms with Gasteiger partial charge < -0.3 is 15.4 Å². The second-order valence-electron chi connectivity index (χ2n) is 4.41. The van der Waals surface area contributed by atoms with Crippen molar-refractivity contribution >= 4 is 34.8 Å². The van der Waals surface area contributed by atoms with E-state index in [2.05, 4.69) is 15.3 Å². The quantitative estimate of drug-likeness (QED) is 0.586. The summed E-state index contributed by atoms with van der Waals surface area (Å²) in [4.78, 5) is 6.39. The van der Waals surface area contributed by atoms with Crippen molar-refractivity contribution in [1.29, 1.82) is 0 Å². The van der Waals surface area contributed by atoms with Crippen LogP contribution < -0.4 is 16.2 Å². The number of rotatable bonds is 3. The van der Waals surface area contributed by atoms with Gasteiger partial charge in [-0.15, -0.1) is 0 Å². The Morgan fingerprint density at radius 1 is 1.50 bits per heavy atom. The number of aliphatic hydroxyl groups is 1. The molecule has 5 nitrogen and oxygen atoms in total. The van der Waals surface area contributed by atoms with E-state index in [9.17, 15) is 5.11 Å². The Kier molecular flexibility index (Phi) is 4.50. The van der Waals surface area contributed by atoms with E-state index in [0.29, 0.717) is 21.7 Å². The number of nitrogen functional groups attached to an aromatic ring is 1. The Morgan fingerprint density at radius 2 is 2.28 bits per heavy atom. The average Bonchev–Trinajstić information content (AvgIpc) is 2.39. The summed E-state index contributed by atoms with van der Waals surface area (Å²) < 4.78 is 0. The summed E-state index contributed by atoms with van der Waals surface area (Å²) in [7, 11) is 0. The molecule has 1 fully saturated rings. The lowest BCUT2D eigenvalue weighted by Gasteiger charge is -2.33. The SMILES string of the molecule is NNc1nc(N2CCCC(CO)C2)c(Cl)cc1Cl. The van der Waals surface area contributed by atoms with Crippen LogP contribution in [0.2, 0.25) is 10.0 Å². The molecule has 1 aromatic rings. The zero-order valence-corrected chi connectivity index (χ0v) is 11.4. The van der Waals surface area contributed by atoms with Crippen LogP contribution in [-0.2, 0) is 0 Å². The Bertz CT molecular complexity index is 430. The van der Waals surface area contributed by atoms with E-state index in [0.717, 1.165) is 25.9 Å². The minimum absolute atomic E-state index is 0.184. The summed E-state index contributed by atoms with van der Waals surface area (Å²) in [5, 5.41) is 10.1. The van der Waals surface area contributed by atoms with Crippen molar-refractivity contribution in [1.82, 2.24) is 4.98 Å². The lowest BCUT2D eigenvalue weighted by molar-refractivity contribution is 0.208. The molecular weight excluding hydrogens is 275 g/mol. The molecule has 0 aliphatic carbocycles. The van der Waals surface area contributed by atoms with Crippen molar-refractivity contribution < 1.29 is 5.11 Å². The standard InChI is InChI=1S/C11H16Cl2N4O/c12-8-4-9(13)11(15-10(8)16-14)17-3-1-2-7(5-17)6-18/h4,7,18H,1-3,5-6,14H2,(H,15,16). The molecule has 0 amide bonds. The van der Waals surface area contributed by atoms with Gasteiger partial charge in [0.2, 0.25) is 0 Å². The highest BCUT2D eigenvalue weighted by Crippen LogP contribution is 2.33. The Balaban J connectivity index is 2.26. The average molecular weight is 291 g/mol. The molecule has 0 saturated carbocycles. The maximum Gasteiger partial charge on any atom is 0.161 e. The first-order chi connectivity index (χ1) is 8.65. The predicted octanol–water partition coefficient (Wildman–Crippen LogP) is 1.88. The number of anilines is 2. The summed E-state index contributed by atoms with van der Waals surface area (Å²) in [6.45, 7) is 1.80. The van der Waals surface area contributed by atoms with Crippen molar-refractivity contribution in [3.63, 3.8) is 0 Å². The molecule has 0 aromatic carbocycles. The summed E-state index contributed by atoms with van der Waals surface area (Å²) in [5.74, 6) is 6.68. The summed E-state index contributed by atoms with van der Waals surface area (Å²) in [6.07, 6.45) is 2.04. The summed E-state index contributed by atoms with van der Waals surface area (Å²) in [5.41, 5.74) is 2.45. The number of pyridine rings is 1. The third-order valence-electron chi connectivity index (χ3n) is 3.12. The van der Waals surface area contributed by atoms with E-state index >= 15 is 0 Å². The number of hydrazine groups is 1. The van der Waals surface area contributed by atoms with Crippen molar-refractivity contribution in [3.05, 3.63) is 16.1 Å². The molecule has 2 rings (SSSR count). The van der Waals surface area contributed by atoms with Gasteiger partial charge in [0.1, 0.15) is 5.82 Å². The first-order valence-electron chi connectivity index (χ1n) is 5.84. The molecular formula is C11H16Cl2N4O. The van der Waals surface area contributed by atoms with Gasteiger partial charge in [0.05, 0.1) is 10.0 Å². The van der Waals surface area contributed by atoms with Gasteiger partial charge in [-0.2, -0.15) is 0 Å². The zero-order chi connectivity index (χ0) is 13.1. The Labute approximate surface area is 116 Å². The maximum atomic E-state index is 9.24. The van der Waals surface area contributed by atoms with Gasteiger partial charge in [-0.3, -0.25) is 0 Å². The third-order valence-corrected chi connectivity index (χ3v) is 3.69. The van der Waals surface area contributed by atoms with Crippen molar-refractivity contribution in [2.75, 3.05) is 30.0 Å². The lowest BCUT2D eigenvalue weighted by Crippen LogP contribution is -2.37. The third kappa shape index (κ3) is 2.80. The number of aliphatic hydroxyl groups excluding tert-OH is 1. The van der Waals surface area contributed by atoms with Gasteiger partial charge in [0.25, 0.3) is 0 Å². The first kappa shape index (κ1) is 13.7. The minimum Gasteiger partial charge on any atom is -0.396 e. The van der Waals surface area contributed by atoms with E-state index in [1.165, 1.54) is 0 Å². The number of nitrogens with zero attached hydrogens (tertiary/aromatic N) is 2. The summed E-state index contributed by atoms with van der Waals surface area (Å²) in [6, 6.07) is 1.63. The molecule has 100 valence electrons. The van der Waals surface area contributed by atoms with E-state index < -0.39 is 0 Å². The molecule has 0 radical (unpaired) electrons. The largest absolute Gasteiger partial charge is 0.396 e. The molecule has 18 heavy (non-hydrogen) atoms. The minimum atomic E-state index is 0.184. The Morgan fingerprint density at radius 3 is 2.94 bits per heavy atom. The number of nitrogens with two attached hydrogens (primary N) is 1. The molecule has 4 N–H and O–H groups in total. The lowest BCUT2D eigenvalue weighted by atomic mass is 9.99. The molecule has 1 aliphatic heterocycles. The number of piperidine rings is 1. The molecule has 0 bridgehead atoms. The van der Waals surface area contributed by atoms with Gasteiger partial charge in [0.15, 0.2) is 5.82 Å². The normalized spacial score (nSPS) is 20.0. The zero-order valence-electron chi connectivity index (χ0n) is 9.87. The highest BCUT2D eigenvalue weighted by atomic mass is 35.5. The number of nitrogens with one attached hydrogen (secondary N) is 1. The monoisotopic (exact) mass is 290 g/mol. The highest BCUT2D eigenvalue weighted by molar-refractivity contribution is 6.37. The van der Waals surface area contributed by atoms with Crippen LogP contribution in [0.15, 0.2) is 6.07 Å². The van der Waals surface area contributed by atoms with Crippen LogP contribution in [0.25, 0.3) is 0 Å². The molecule has 7 heteroatoms. The molecule has 2 heterocycles. The van der Waals surface area contributed by atoms with Gasteiger partial charge in [-0.1, -0.05) is 23.2 Å². The summed E-state index contributed by atoms with van der Waals surface area (Å²) >= 11 is 12.1. The van der Waals surface area contributed by atoms with E-state index in [4.69, 9.17) is 29.0 Å². The van der Waals surface area contributed by atoms with Crippen molar-refractivity contribution in [2.24, 2.45) is 11.8 Å². The van der Waals surface area contributed by atoms with Gasteiger partial charge >= 0.3 is 0 Å². The molecule has 1 atom stereocenters. The smallest absolute Gasteiger partial charge is 0.161 e. The van der Waals surface area contributed by atoms with E-state index in [1.807, 2.05) is 0 Å². The fourth-order valence-corrected chi connectivity index (χ4v) is 2.72. The number of hydrogen-bond donors (Lipinski definition) is 3. The predicted molar refractivity (Wildman–Crippen MR) is 74.1 cm³/mol. The second kappa shape index (κ2) is 5.93. The van der Waals surface area contributed by atoms with Crippen LogP contribution in [0.3, 0.4) is 0 Å². The first-order valence-corrected chi connectivity index (χ1v) is 6.59. The van der Waals surface area contributed by atoms with Crippen LogP contribution in [0.4, 0.5) is 11.6 Å². The van der Waals surface area contributed by atoms with Crippen LogP contribution >= 0.6 is 23.2 Å². The van der Waals surface area contributed by atoms with Crippen LogP contribution in [0, 0.1) is 5.92 Å². The highest BCUT2D eigenvalue weighted by Gasteiger charge is 2.23. The van der Waals surface area contributed by atoms with E-state index in [-0.39, 0.29) is 12.5 Å². The maximum absolute atomic E-state index is 9.24. The number of hydrogen-bond acceptors (Lipinski definition) is 5. The molecule has 1 aliphatic rings. The fourth-order valence-electron chi connectivity index (χ4n) is 2.19. The fraction of sp³-hybridized carbons (Fsp3) is 0.545. The molecule has 0 spiro atoms. The second-order valence-corrected chi connectivity index (χ2v) is 5.22. The Hall–Kier alpha value is -0.750. The van der Waals surface area contributed by atoms with Crippen LogP contribution in [0.5, 0.6) is 0 Å². The van der Waals surface area contributed by atoms with Gasteiger partial charge in [-0.05, 0) is 24.8 Å².